The van der Waals surface area contributed by atoms with Crippen molar-refractivity contribution in [1.82, 2.24) is 9.62 Å². The Hall–Kier alpha value is -3.84. The lowest BCUT2D eigenvalue weighted by molar-refractivity contribution is -0.384. The lowest BCUT2D eigenvalue weighted by atomic mass is 10.2. The molecule has 0 bridgehead atoms. The second-order valence-electron chi connectivity index (χ2n) is 8.07. The highest BCUT2D eigenvalue weighted by Gasteiger charge is 2.27. The van der Waals surface area contributed by atoms with Crippen molar-refractivity contribution in [2.75, 3.05) is 25.0 Å². The molecule has 0 aliphatic carbocycles. The smallest absolute Gasteiger partial charge is 0.308 e. The maximum Gasteiger partial charge on any atom is 0.308 e. The van der Waals surface area contributed by atoms with E-state index in [-0.39, 0.29) is 29.1 Å². The number of carbonyl (C=O) groups is 3. The van der Waals surface area contributed by atoms with E-state index < -0.39 is 38.8 Å². The Morgan fingerprint density at radius 2 is 1.67 bits per heavy atom. The molecule has 1 unspecified atom stereocenters. The van der Waals surface area contributed by atoms with E-state index in [4.69, 9.17) is 4.74 Å². The molecule has 1 fully saturated rings. The molecular weight excluding hydrogens is 492 g/mol. The number of nitro benzene ring substituents is 1. The summed E-state index contributed by atoms with van der Waals surface area (Å²) in [5.74, 6) is -1.83. The average molecular weight is 519 g/mol. The van der Waals surface area contributed by atoms with Gasteiger partial charge in [0.15, 0.2) is 6.10 Å². The highest BCUT2D eigenvalue weighted by molar-refractivity contribution is 7.89. The van der Waals surface area contributed by atoms with E-state index in [2.05, 4.69) is 10.6 Å². The van der Waals surface area contributed by atoms with Crippen LogP contribution in [0.4, 0.5) is 11.4 Å². The standard InChI is InChI=1S/C23H26N4O8S/c1-16(35-21(28)12-13-24-23(30)17-4-8-19(9-5-17)27(31)32)22(29)25-18-6-10-20(11-7-18)36(33,34)26-14-2-3-15-26/h4-11,16H,2-3,12-15H2,1H3,(H,24,30)(H,25,29). The molecule has 1 saturated heterocycles. The van der Waals surface area contributed by atoms with Gasteiger partial charge < -0.3 is 15.4 Å². The lowest BCUT2D eigenvalue weighted by Crippen LogP contribution is -2.32. The number of hydrogen-bond donors (Lipinski definition) is 2. The van der Waals surface area contributed by atoms with Gasteiger partial charge in [0, 0.05) is 43.0 Å². The maximum atomic E-state index is 12.6. The minimum Gasteiger partial charge on any atom is -0.452 e. The molecule has 12 nitrogen and oxygen atoms in total. The fourth-order valence-electron chi connectivity index (χ4n) is 3.46. The van der Waals surface area contributed by atoms with Gasteiger partial charge in [-0.05, 0) is 56.2 Å². The fraction of sp³-hybridized carbons (Fsp3) is 0.348. The maximum absolute atomic E-state index is 12.6. The number of esters is 1. The number of nitro groups is 1. The van der Waals surface area contributed by atoms with E-state index in [1.807, 2.05) is 0 Å². The molecule has 0 radical (unpaired) electrons. The number of benzene rings is 2. The van der Waals surface area contributed by atoms with Crippen LogP contribution in [0.2, 0.25) is 0 Å². The van der Waals surface area contributed by atoms with Crippen molar-refractivity contribution in [3.8, 4) is 0 Å². The molecular formula is C23H26N4O8S. The summed E-state index contributed by atoms with van der Waals surface area (Å²) in [6.45, 7) is 2.31. The summed E-state index contributed by atoms with van der Waals surface area (Å²) in [6.07, 6.45) is 0.335. The van der Waals surface area contributed by atoms with E-state index in [1.165, 1.54) is 59.8 Å². The van der Waals surface area contributed by atoms with Gasteiger partial charge in [0.2, 0.25) is 10.0 Å². The van der Waals surface area contributed by atoms with Crippen molar-refractivity contribution >= 4 is 39.2 Å². The van der Waals surface area contributed by atoms with Crippen molar-refractivity contribution in [3.05, 3.63) is 64.2 Å². The number of amides is 2. The Kier molecular flexibility index (Phi) is 8.72. The highest BCUT2D eigenvalue weighted by Crippen LogP contribution is 2.22. The topological polar surface area (TPSA) is 165 Å². The first kappa shape index (κ1) is 26.8. The summed E-state index contributed by atoms with van der Waals surface area (Å²) in [5.41, 5.74) is 0.394. The van der Waals surface area contributed by atoms with Gasteiger partial charge >= 0.3 is 5.97 Å². The van der Waals surface area contributed by atoms with E-state index in [9.17, 15) is 32.9 Å². The largest absolute Gasteiger partial charge is 0.452 e. The molecule has 1 aliphatic heterocycles. The van der Waals surface area contributed by atoms with Gasteiger partial charge in [0.1, 0.15) is 0 Å². The van der Waals surface area contributed by atoms with Crippen molar-refractivity contribution < 1.29 is 32.5 Å². The van der Waals surface area contributed by atoms with Crippen LogP contribution in [-0.2, 0) is 24.3 Å². The number of ether oxygens (including phenoxy) is 1. The molecule has 1 heterocycles. The quantitative estimate of drug-likeness (QED) is 0.274. The van der Waals surface area contributed by atoms with Gasteiger partial charge in [-0.15, -0.1) is 0 Å². The summed E-state index contributed by atoms with van der Waals surface area (Å²) >= 11 is 0. The van der Waals surface area contributed by atoms with Gasteiger partial charge in [-0.3, -0.25) is 24.5 Å². The lowest BCUT2D eigenvalue weighted by Gasteiger charge is -2.16. The van der Waals surface area contributed by atoms with Gasteiger partial charge in [-0.2, -0.15) is 4.31 Å². The predicted octanol–water partition coefficient (Wildman–Crippen LogP) is 2.07. The molecule has 0 aromatic heterocycles. The van der Waals surface area contributed by atoms with Crippen molar-refractivity contribution in [3.63, 3.8) is 0 Å². The summed E-state index contributed by atoms with van der Waals surface area (Å²) in [5, 5.41) is 15.7. The van der Waals surface area contributed by atoms with Crippen LogP contribution in [0.25, 0.3) is 0 Å². The summed E-state index contributed by atoms with van der Waals surface area (Å²) < 4.78 is 31.7. The first-order valence-corrected chi connectivity index (χ1v) is 12.6. The molecule has 0 spiro atoms. The molecule has 13 heteroatoms. The average Bonchev–Trinajstić information content (AvgIpc) is 3.40. The summed E-state index contributed by atoms with van der Waals surface area (Å²) in [4.78, 5) is 46.7. The van der Waals surface area contributed by atoms with Crippen molar-refractivity contribution in [1.29, 1.82) is 0 Å². The predicted molar refractivity (Wildman–Crippen MR) is 129 cm³/mol. The van der Waals surface area contributed by atoms with Crippen LogP contribution in [-0.4, -0.2) is 61.2 Å². The number of hydrogen-bond acceptors (Lipinski definition) is 8. The van der Waals surface area contributed by atoms with Gasteiger partial charge in [-0.1, -0.05) is 0 Å². The second-order valence-corrected chi connectivity index (χ2v) is 10.0. The minimum absolute atomic E-state index is 0.0596. The van der Waals surface area contributed by atoms with Crippen LogP contribution in [0.1, 0.15) is 36.5 Å². The SMILES string of the molecule is CC(OC(=O)CCNC(=O)c1ccc([N+](=O)[O-])cc1)C(=O)Nc1ccc(S(=O)(=O)N2CCCC2)cc1. The Morgan fingerprint density at radius 3 is 2.25 bits per heavy atom. The van der Waals surface area contributed by atoms with Crippen LogP contribution in [0.3, 0.4) is 0 Å². The van der Waals surface area contributed by atoms with Crippen LogP contribution >= 0.6 is 0 Å². The van der Waals surface area contributed by atoms with Crippen LogP contribution in [0, 0.1) is 10.1 Å². The number of anilines is 1. The number of non-ortho nitro benzene ring substituents is 1. The van der Waals surface area contributed by atoms with Crippen LogP contribution < -0.4 is 10.6 Å². The number of carbonyl (C=O) groups excluding carboxylic acids is 3. The fourth-order valence-corrected chi connectivity index (χ4v) is 4.97. The monoisotopic (exact) mass is 518 g/mol. The van der Waals surface area contributed by atoms with Crippen molar-refractivity contribution in [2.45, 2.75) is 37.2 Å². The van der Waals surface area contributed by atoms with E-state index in [1.54, 1.807) is 0 Å². The number of rotatable bonds is 10. The molecule has 3 rings (SSSR count). The molecule has 2 aromatic carbocycles. The second kappa shape index (κ2) is 11.7. The molecule has 2 aromatic rings. The minimum atomic E-state index is -3.56. The molecule has 1 atom stereocenters. The third-order valence-electron chi connectivity index (χ3n) is 5.46. The summed E-state index contributed by atoms with van der Waals surface area (Å²) in [7, 11) is -3.56. The Balaban J connectivity index is 1.43. The molecule has 2 N–H and O–H groups in total. The van der Waals surface area contributed by atoms with Gasteiger partial charge in [0.05, 0.1) is 16.2 Å². The first-order chi connectivity index (χ1) is 17.1. The Bertz CT molecular complexity index is 1220. The van der Waals surface area contributed by atoms with Crippen LogP contribution in [0.5, 0.6) is 0 Å². The third kappa shape index (κ3) is 6.86. The molecule has 192 valence electrons. The number of sulfonamides is 1. The normalized spacial score (nSPS) is 14.6. The number of nitrogens with zero attached hydrogens (tertiary/aromatic N) is 2. The molecule has 1 aliphatic rings. The zero-order valence-corrected chi connectivity index (χ0v) is 20.3. The number of nitrogens with one attached hydrogen (secondary N) is 2. The Morgan fingerprint density at radius 1 is 1.06 bits per heavy atom. The van der Waals surface area contributed by atoms with Gasteiger partial charge in [0.25, 0.3) is 17.5 Å². The summed E-state index contributed by atoms with van der Waals surface area (Å²) in [6, 6.07) is 10.7. The Labute approximate surface area is 207 Å². The van der Waals surface area contributed by atoms with E-state index >= 15 is 0 Å². The van der Waals surface area contributed by atoms with E-state index in [0.29, 0.717) is 18.8 Å². The third-order valence-corrected chi connectivity index (χ3v) is 7.37. The first-order valence-electron chi connectivity index (χ1n) is 11.2. The highest BCUT2D eigenvalue weighted by atomic mass is 32.2. The molecule has 2 amide bonds. The molecule has 0 saturated carbocycles. The van der Waals surface area contributed by atoms with Gasteiger partial charge in [-0.25, -0.2) is 8.42 Å². The zero-order chi connectivity index (χ0) is 26.3. The molecule has 36 heavy (non-hydrogen) atoms. The zero-order valence-electron chi connectivity index (χ0n) is 19.5. The van der Waals surface area contributed by atoms with E-state index in [0.717, 1.165) is 12.8 Å². The van der Waals surface area contributed by atoms with Crippen LogP contribution in [0.15, 0.2) is 53.4 Å². The van der Waals surface area contributed by atoms with Crippen molar-refractivity contribution in [2.24, 2.45) is 0 Å².